The van der Waals surface area contributed by atoms with Crippen LogP contribution >= 0.6 is 0 Å². The maximum Gasteiger partial charge on any atom is 0.207 e. The van der Waals surface area contributed by atoms with Gasteiger partial charge in [0.15, 0.2) is 0 Å². The average Bonchev–Trinajstić information content (AvgIpc) is 1.62. The van der Waals surface area contributed by atoms with Gasteiger partial charge in [0.05, 0.1) is 0 Å². The van der Waals surface area contributed by atoms with Crippen LogP contribution in [0.15, 0.2) is 4.99 Å². The highest BCUT2D eigenvalue weighted by Gasteiger charge is 2.08. The molecule has 1 atom stereocenters. The van der Waals surface area contributed by atoms with E-state index in [2.05, 4.69) is 4.99 Å². The van der Waals surface area contributed by atoms with Crippen molar-refractivity contribution in [3.63, 3.8) is 0 Å². The predicted molar refractivity (Wildman–Crippen MR) is 38.2 cm³/mol. The molecule has 0 aliphatic rings. The first kappa shape index (κ1) is 8.59. The summed E-state index contributed by atoms with van der Waals surface area (Å²) in [5, 5.41) is 8.91. The molecule has 0 aromatic carbocycles. The van der Waals surface area contributed by atoms with Crippen molar-refractivity contribution < 1.29 is 5.11 Å². The zero-order valence-corrected chi connectivity index (χ0v) is 6.18. The minimum Gasteiger partial charge on any atom is -0.358 e. The van der Waals surface area contributed by atoms with Gasteiger partial charge in [-0.3, -0.25) is 5.73 Å². The van der Waals surface area contributed by atoms with Gasteiger partial charge in [0.25, 0.3) is 0 Å². The minimum atomic E-state index is -1.39. The highest BCUT2D eigenvalue weighted by atomic mass is 16.3. The van der Waals surface area contributed by atoms with Gasteiger partial charge >= 0.3 is 0 Å². The molecule has 0 aliphatic carbocycles. The molecule has 0 aromatic heterocycles. The first-order valence-electron chi connectivity index (χ1n) is 3.02. The van der Waals surface area contributed by atoms with E-state index in [1.54, 1.807) is 0 Å². The van der Waals surface area contributed by atoms with E-state index in [4.69, 9.17) is 10.8 Å². The fraction of sp³-hybridized carbons (Fsp3) is 0.833. The van der Waals surface area contributed by atoms with Crippen LogP contribution < -0.4 is 5.73 Å². The zero-order valence-electron chi connectivity index (χ0n) is 6.18. The number of aliphatic hydroxyl groups is 1. The Hall–Kier alpha value is -0.410. The van der Waals surface area contributed by atoms with Gasteiger partial charge in [0, 0.05) is 5.71 Å². The molecular weight excluding hydrogens is 116 g/mol. The van der Waals surface area contributed by atoms with Gasteiger partial charge in [0.1, 0.15) is 0 Å². The van der Waals surface area contributed by atoms with E-state index in [0.717, 1.165) is 12.1 Å². The van der Waals surface area contributed by atoms with Crippen molar-refractivity contribution in [3.05, 3.63) is 0 Å². The summed E-state index contributed by atoms with van der Waals surface area (Å²) in [6, 6.07) is 0. The van der Waals surface area contributed by atoms with Gasteiger partial charge in [-0.15, -0.1) is 0 Å². The van der Waals surface area contributed by atoms with Gasteiger partial charge in [0.2, 0.25) is 5.85 Å². The van der Waals surface area contributed by atoms with E-state index in [1.807, 2.05) is 13.8 Å². The molecule has 0 saturated heterocycles. The van der Waals surface area contributed by atoms with Crippen molar-refractivity contribution in [1.82, 2.24) is 0 Å². The molecular formula is C6H14N2O. The fourth-order valence-electron chi connectivity index (χ4n) is 0.465. The Kier molecular flexibility index (Phi) is 2.81. The SMILES string of the molecule is CCC(C)=NC(C)(N)O. The molecule has 54 valence electrons. The summed E-state index contributed by atoms with van der Waals surface area (Å²) in [4.78, 5) is 3.78. The standard InChI is InChI=1S/C6H14N2O/c1-4-5(2)8-6(3,7)9/h9H,4,7H2,1-3H3. The van der Waals surface area contributed by atoms with E-state index in [9.17, 15) is 0 Å². The van der Waals surface area contributed by atoms with Crippen molar-refractivity contribution in [3.8, 4) is 0 Å². The summed E-state index contributed by atoms with van der Waals surface area (Å²) < 4.78 is 0. The number of hydrogen-bond donors (Lipinski definition) is 2. The maximum absolute atomic E-state index is 8.91. The van der Waals surface area contributed by atoms with Crippen molar-refractivity contribution in [2.24, 2.45) is 10.7 Å². The molecule has 0 bridgehead atoms. The molecule has 0 radical (unpaired) electrons. The van der Waals surface area contributed by atoms with Crippen LogP contribution in [0.5, 0.6) is 0 Å². The largest absolute Gasteiger partial charge is 0.358 e. The number of hydrogen-bond acceptors (Lipinski definition) is 3. The highest BCUT2D eigenvalue weighted by Crippen LogP contribution is 1.96. The maximum atomic E-state index is 8.91. The lowest BCUT2D eigenvalue weighted by Gasteiger charge is -2.11. The Morgan fingerprint density at radius 1 is 1.78 bits per heavy atom. The summed E-state index contributed by atoms with van der Waals surface area (Å²) in [6.45, 7) is 5.25. The molecule has 0 rings (SSSR count). The normalized spacial score (nSPS) is 19.4. The molecule has 0 aliphatic heterocycles. The molecule has 0 saturated carbocycles. The summed E-state index contributed by atoms with van der Waals surface area (Å²) >= 11 is 0. The van der Waals surface area contributed by atoms with Gasteiger partial charge in [-0.2, -0.15) is 0 Å². The van der Waals surface area contributed by atoms with Gasteiger partial charge in [-0.05, 0) is 20.3 Å². The van der Waals surface area contributed by atoms with Crippen molar-refractivity contribution in [2.45, 2.75) is 33.0 Å². The Labute approximate surface area is 55.6 Å². The summed E-state index contributed by atoms with van der Waals surface area (Å²) in [5.41, 5.74) is 6.04. The Bertz CT molecular complexity index is 113. The second-order valence-electron chi connectivity index (χ2n) is 2.29. The third-order valence-corrected chi connectivity index (χ3v) is 0.929. The van der Waals surface area contributed by atoms with Crippen molar-refractivity contribution in [1.29, 1.82) is 0 Å². The van der Waals surface area contributed by atoms with E-state index >= 15 is 0 Å². The first-order valence-corrected chi connectivity index (χ1v) is 3.02. The van der Waals surface area contributed by atoms with Crippen LogP contribution in [0.2, 0.25) is 0 Å². The quantitative estimate of drug-likeness (QED) is 0.422. The Morgan fingerprint density at radius 2 is 2.22 bits per heavy atom. The summed E-state index contributed by atoms with van der Waals surface area (Å²) in [7, 11) is 0. The van der Waals surface area contributed by atoms with Crippen LogP contribution in [0, 0.1) is 0 Å². The first-order chi connectivity index (χ1) is 3.95. The number of rotatable bonds is 2. The lowest BCUT2D eigenvalue weighted by molar-refractivity contribution is 0.0772. The molecule has 0 heterocycles. The molecule has 3 N–H and O–H groups in total. The minimum absolute atomic E-state index is 0.827. The molecule has 0 fully saturated rings. The van der Waals surface area contributed by atoms with Crippen molar-refractivity contribution in [2.75, 3.05) is 0 Å². The van der Waals surface area contributed by atoms with Crippen LogP contribution in [0.25, 0.3) is 0 Å². The average molecular weight is 130 g/mol. The second kappa shape index (κ2) is 2.94. The summed E-state index contributed by atoms with van der Waals surface area (Å²) in [6.07, 6.45) is 0.827. The van der Waals surface area contributed by atoms with Crippen LogP contribution in [0.1, 0.15) is 27.2 Å². The van der Waals surface area contributed by atoms with Gasteiger partial charge in [-0.1, -0.05) is 6.92 Å². The monoisotopic (exact) mass is 130 g/mol. The van der Waals surface area contributed by atoms with Gasteiger partial charge < -0.3 is 5.11 Å². The molecule has 3 heteroatoms. The van der Waals surface area contributed by atoms with E-state index < -0.39 is 5.85 Å². The third-order valence-electron chi connectivity index (χ3n) is 0.929. The smallest absolute Gasteiger partial charge is 0.207 e. The molecule has 9 heavy (non-hydrogen) atoms. The topological polar surface area (TPSA) is 58.6 Å². The van der Waals surface area contributed by atoms with Crippen LogP contribution in [0.4, 0.5) is 0 Å². The second-order valence-corrected chi connectivity index (χ2v) is 2.29. The van der Waals surface area contributed by atoms with Crippen LogP contribution in [-0.2, 0) is 0 Å². The molecule has 0 spiro atoms. The molecule has 0 aromatic rings. The third kappa shape index (κ3) is 5.46. The van der Waals surface area contributed by atoms with E-state index in [-0.39, 0.29) is 0 Å². The lowest BCUT2D eigenvalue weighted by Crippen LogP contribution is -2.33. The molecule has 0 amide bonds. The van der Waals surface area contributed by atoms with Crippen molar-refractivity contribution >= 4 is 5.71 Å². The molecule has 3 nitrogen and oxygen atoms in total. The number of nitrogens with zero attached hydrogens (tertiary/aromatic N) is 1. The highest BCUT2D eigenvalue weighted by molar-refractivity contribution is 5.81. The molecule has 1 unspecified atom stereocenters. The lowest BCUT2D eigenvalue weighted by atomic mass is 10.3. The predicted octanol–water partition coefficient (Wildman–Crippen LogP) is 0.482. The summed E-state index contributed by atoms with van der Waals surface area (Å²) in [5.74, 6) is -1.39. The van der Waals surface area contributed by atoms with E-state index in [0.29, 0.717) is 0 Å². The number of nitrogens with two attached hydrogens (primary N) is 1. The van der Waals surface area contributed by atoms with Crippen LogP contribution in [0.3, 0.4) is 0 Å². The fourth-order valence-corrected chi connectivity index (χ4v) is 0.465. The van der Waals surface area contributed by atoms with E-state index in [1.165, 1.54) is 6.92 Å². The van der Waals surface area contributed by atoms with Gasteiger partial charge in [-0.25, -0.2) is 4.99 Å². The zero-order chi connectivity index (χ0) is 7.49. The Balaban J connectivity index is 3.95. The Morgan fingerprint density at radius 3 is 2.33 bits per heavy atom. The van der Waals surface area contributed by atoms with Crippen LogP contribution in [-0.4, -0.2) is 16.7 Å². The number of aliphatic imine (C=N–C) groups is 1.